The molecule has 2 amide bonds. The number of halogens is 1. The Balaban J connectivity index is 1.72. The van der Waals surface area contributed by atoms with Crippen molar-refractivity contribution in [2.75, 3.05) is 10.6 Å². The van der Waals surface area contributed by atoms with Crippen molar-refractivity contribution in [1.82, 2.24) is 10.2 Å². The number of hydrogen-bond acceptors (Lipinski definition) is 3. The van der Waals surface area contributed by atoms with Gasteiger partial charge in [0, 0.05) is 22.0 Å². The number of rotatable bonds is 4. The fourth-order valence-corrected chi connectivity index (χ4v) is 2.56. The largest absolute Gasteiger partial charge is 0.322 e. The van der Waals surface area contributed by atoms with Gasteiger partial charge in [0.25, 0.3) is 11.8 Å². The SMILES string of the molecule is O=C(Nc1cccc(NC(=O)c2ccccc2Br)c1)c1cn[nH]c1. The molecule has 3 N–H and O–H groups in total. The zero-order chi connectivity index (χ0) is 16.9. The Morgan fingerprint density at radius 1 is 0.958 bits per heavy atom. The van der Waals surface area contributed by atoms with E-state index in [-0.39, 0.29) is 11.8 Å². The van der Waals surface area contributed by atoms with Gasteiger partial charge in [-0.15, -0.1) is 0 Å². The summed E-state index contributed by atoms with van der Waals surface area (Å²) < 4.78 is 0.715. The molecule has 0 aliphatic rings. The number of nitrogens with one attached hydrogen (secondary N) is 3. The molecule has 0 atom stereocenters. The summed E-state index contributed by atoms with van der Waals surface area (Å²) in [5, 5.41) is 11.9. The van der Waals surface area contributed by atoms with Crippen LogP contribution in [0.3, 0.4) is 0 Å². The third-order valence-electron chi connectivity index (χ3n) is 3.26. The summed E-state index contributed by atoms with van der Waals surface area (Å²) in [4.78, 5) is 24.3. The molecular weight excluding hydrogens is 372 g/mol. The molecule has 0 fully saturated rings. The molecule has 120 valence electrons. The molecule has 7 heteroatoms. The van der Waals surface area contributed by atoms with Gasteiger partial charge in [-0.25, -0.2) is 0 Å². The van der Waals surface area contributed by atoms with Crippen molar-refractivity contribution in [3.05, 3.63) is 76.5 Å². The van der Waals surface area contributed by atoms with E-state index in [1.807, 2.05) is 6.07 Å². The predicted octanol–water partition coefficient (Wildman–Crippen LogP) is 3.68. The first kappa shape index (κ1) is 15.9. The lowest BCUT2D eigenvalue weighted by Gasteiger charge is -2.09. The Bertz CT molecular complexity index is 878. The van der Waals surface area contributed by atoms with Crippen molar-refractivity contribution in [3.8, 4) is 0 Å². The van der Waals surface area contributed by atoms with Crippen LogP contribution in [-0.2, 0) is 0 Å². The summed E-state index contributed by atoms with van der Waals surface area (Å²) in [5.41, 5.74) is 2.12. The highest BCUT2D eigenvalue weighted by Gasteiger charge is 2.11. The van der Waals surface area contributed by atoms with Crippen molar-refractivity contribution in [1.29, 1.82) is 0 Å². The minimum Gasteiger partial charge on any atom is -0.322 e. The second kappa shape index (κ2) is 7.10. The Labute approximate surface area is 146 Å². The van der Waals surface area contributed by atoms with Gasteiger partial charge in [0.15, 0.2) is 0 Å². The molecular formula is C17H13BrN4O2. The van der Waals surface area contributed by atoms with Crippen LogP contribution in [0.2, 0.25) is 0 Å². The van der Waals surface area contributed by atoms with Crippen LogP contribution < -0.4 is 10.6 Å². The number of hydrogen-bond donors (Lipinski definition) is 3. The van der Waals surface area contributed by atoms with Gasteiger partial charge in [0.05, 0.1) is 17.3 Å². The number of amides is 2. The first-order valence-electron chi connectivity index (χ1n) is 7.09. The number of anilines is 2. The van der Waals surface area contributed by atoms with E-state index in [0.29, 0.717) is 27.0 Å². The average molecular weight is 385 g/mol. The first-order valence-corrected chi connectivity index (χ1v) is 7.89. The van der Waals surface area contributed by atoms with E-state index >= 15 is 0 Å². The summed E-state index contributed by atoms with van der Waals surface area (Å²) in [6, 6.07) is 14.1. The molecule has 1 aromatic heterocycles. The van der Waals surface area contributed by atoms with Gasteiger partial charge in [0.1, 0.15) is 0 Å². The molecule has 2 aromatic carbocycles. The monoisotopic (exact) mass is 384 g/mol. The Morgan fingerprint density at radius 2 is 1.67 bits per heavy atom. The maximum Gasteiger partial charge on any atom is 0.258 e. The Kier molecular flexibility index (Phi) is 4.72. The van der Waals surface area contributed by atoms with Gasteiger partial charge in [-0.3, -0.25) is 14.7 Å². The number of aromatic nitrogens is 2. The molecule has 3 rings (SSSR count). The van der Waals surface area contributed by atoms with E-state index in [0.717, 1.165) is 0 Å². The molecule has 0 unspecified atom stereocenters. The highest BCUT2D eigenvalue weighted by molar-refractivity contribution is 9.10. The van der Waals surface area contributed by atoms with Crippen LogP contribution in [0.25, 0.3) is 0 Å². The van der Waals surface area contributed by atoms with Gasteiger partial charge < -0.3 is 10.6 Å². The number of aromatic amines is 1. The minimum atomic E-state index is -0.280. The number of carbonyl (C=O) groups excluding carboxylic acids is 2. The molecule has 3 aromatic rings. The van der Waals surface area contributed by atoms with E-state index < -0.39 is 0 Å². The molecule has 0 saturated heterocycles. The third-order valence-corrected chi connectivity index (χ3v) is 3.95. The molecule has 6 nitrogen and oxygen atoms in total. The number of nitrogens with zero attached hydrogens (tertiary/aromatic N) is 1. The Morgan fingerprint density at radius 3 is 2.33 bits per heavy atom. The van der Waals surface area contributed by atoms with Gasteiger partial charge in [0.2, 0.25) is 0 Å². The lowest BCUT2D eigenvalue weighted by Crippen LogP contribution is -2.14. The average Bonchev–Trinajstić information content (AvgIpc) is 3.10. The lowest BCUT2D eigenvalue weighted by atomic mass is 10.2. The molecule has 0 saturated carbocycles. The number of H-pyrrole nitrogens is 1. The van der Waals surface area contributed by atoms with Gasteiger partial charge in [-0.1, -0.05) is 18.2 Å². The van der Waals surface area contributed by atoms with Crippen molar-refractivity contribution >= 4 is 39.1 Å². The zero-order valence-corrected chi connectivity index (χ0v) is 14.0. The van der Waals surface area contributed by atoms with Gasteiger partial charge >= 0.3 is 0 Å². The van der Waals surface area contributed by atoms with Crippen LogP contribution in [0.4, 0.5) is 11.4 Å². The number of benzene rings is 2. The summed E-state index contributed by atoms with van der Waals surface area (Å²) in [6.45, 7) is 0. The Hall–Kier alpha value is -2.93. The van der Waals surface area contributed by atoms with Crippen LogP contribution in [0.15, 0.2) is 65.4 Å². The molecule has 0 spiro atoms. The normalized spacial score (nSPS) is 10.2. The predicted molar refractivity (Wildman–Crippen MR) is 95.1 cm³/mol. The van der Waals surface area contributed by atoms with Crippen molar-refractivity contribution in [2.24, 2.45) is 0 Å². The fourth-order valence-electron chi connectivity index (χ4n) is 2.10. The molecule has 24 heavy (non-hydrogen) atoms. The van der Waals surface area contributed by atoms with Crippen LogP contribution in [0.5, 0.6) is 0 Å². The maximum absolute atomic E-state index is 12.3. The second-order valence-corrected chi connectivity index (χ2v) is 5.81. The smallest absolute Gasteiger partial charge is 0.258 e. The quantitative estimate of drug-likeness (QED) is 0.641. The standard InChI is InChI=1S/C17H13BrN4O2/c18-15-7-2-1-6-14(15)17(24)22-13-5-3-4-12(8-13)21-16(23)11-9-19-20-10-11/h1-10H,(H,19,20)(H,21,23)(H,22,24). The van der Waals surface area contributed by atoms with E-state index in [2.05, 4.69) is 36.8 Å². The van der Waals surface area contributed by atoms with Crippen LogP contribution in [0.1, 0.15) is 20.7 Å². The van der Waals surface area contributed by atoms with E-state index in [4.69, 9.17) is 0 Å². The minimum absolute atomic E-state index is 0.235. The second-order valence-electron chi connectivity index (χ2n) is 4.96. The summed E-state index contributed by atoms with van der Waals surface area (Å²) >= 11 is 3.35. The van der Waals surface area contributed by atoms with E-state index in [1.54, 1.807) is 42.5 Å². The molecule has 0 bridgehead atoms. The van der Waals surface area contributed by atoms with Crippen molar-refractivity contribution in [2.45, 2.75) is 0 Å². The molecule has 0 aliphatic carbocycles. The molecule has 0 aliphatic heterocycles. The highest BCUT2D eigenvalue weighted by atomic mass is 79.9. The molecule has 0 radical (unpaired) electrons. The van der Waals surface area contributed by atoms with Crippen molar-refractivity contribution in [3.63, 3.8) is 0 Å². The fraction of sp³-hybridized carbons (Fsp3) is 0. The maximum atomic E-state index is 12.3. The van der Waals surface area contributed by atoms with Crippen LogP contribution >= 0.6 is 15.9 Å². The van der Waals surface area contributed by atoms with Gasteiger partial charge in [-0.05, 0) is 46.3 Å². The third kappa shape index (κ3) is 3.69. The highest BCUT2D eigenvalue weighted by Crippen LogP contribution is 2.20. The first-order chi connectivity index (χ1) is 11.6. The van der Waals surface area contributed by atoms with E-state index in [1.165, 1.54) is 12.4 Å². The number of carbonyl (C=O) groups is 2. The summed E-state index contributed by atoms with van der Waals surface area (Å²) in [6.07, 6.45) is 2.95. The summed E-state index contributed by atoms with van der Waals surface area (Å²) in [7, 11) is 0. The molecule has 1 heterocycles. The van der Waals surface area contributed by atoms with Crippen molar-refractivity contribution < 1.29 is 9.59 Å². The van der Waals surface area contributed by atoms with Gasteiger partial charge in [-0.2, -0.15) is 5.10 Å². The lowest BCUT2D eigenvalue weighted by molar-refractivity contribution is 0.101. The van der Waals surface area contributed by atoms with Crippen LogP contribution in [-0.4, -0.2) is 22.0 Å². The summed E-state index contributed by atoms with van der Waals surface area (Å²) in [5.74, 6) is -0.515. The van der Waals surface area contributed by atoms with Crippen LogP contribution in [0, 0.1) is 0 Å². The zero-order valence-electron chi connectivity index (χ0n) is 12.4. The van der Waals surface area contributed by atoms with E-state index in [9.17, 15) is 9.59 Å². The topological polar surface area (TPSA) is 86.9 Å².